The van der Waals surface area contributed by atoms with Gasteiger partial charge in [0.1, 0.15) is 6.10 Å². The smallest absolute Gasteiger partial charge is 0.387 e. The van der Waals surface area contributed by atoms with Crippen LogP contribution in [0, 0.1) is 0 Å². The van der Waals surface area contributed by atoms with Crippen molar-refractivity contribution in [2.45, 2.75) is 205 Å². The summed E-state index contributed by atoms with van der Waals surface area (Å²) in [6.45, 7) is 3.84. The minimum Gasteiger partial charge on any atom is -0.387 e. The number of hydrogen-bond donors (Lipinski definition) is 5. The van der Waals surface area contributed by atoms with Gasteiger partial charge >= 0.3 is 7.82 Å². The molecule has 1 amide bonds. The fraction of sp³-hybridized carbons (Fsp3) is 0.875. The van der Waals surface area contributed by atoms with E-state index in [9.17, 15) is 24.5 Å². The van der Waals surface area contributed by atoms with E-state index in [0.717, 1.165) is 32.1 Å². The van der Waals surface area contributed by atoms with Crippen LogP contribution in [0.3, 0.4) is 0 Å². The number of nitrogens with one attached hydrogen (secondary N) is 1. The second kappa shape index (κ2) is 36.3. The Balaban J connectivity index is 4.22. The average molecular weight is 731 g/mol. The van der Waals surface area contributed by atoms with Gasteiger partial charge in [-0.2, -0.15) is 0 Å². The summed E-state index contributed by atoms with van der Waals surface area (Å²) in [5.74, 6) is -0.651. The Kier molecular flexibility index (Phi) is 35.5. The van der Waals surface area contributed by atoms with Crippen molar-refractivity contribution < 1.29 is 33.5 Å². The van der Waals surface area contributed by atoms with Gasteiger partial charge in [0.2, 0.25) is 5.91 Å². The van der Waals surface area contributed by atoms with Crippen molar-refractivity contribution in [3.05, 3.63) is 24.3 Å². The molecule has 0 spiro atoms. The molecule has 0 heterocycles. The van der Waals surface area contributed by atoms with Crippen molar-refractivity contribution in [2.75, 3.05) is 19.8 Å². The average Bonchev–Trinajstić information content (AvgIpc) is 3.10. The van der Waals surface area contributed by atoms with Crippen LogP contribution in [0.1, 0.15) is 187 Å². The van der Waals surface area contributed by atoms with Crippen molar-refractivity contribution in [3.8, 4) is 0 Å². The summed E-state index contributed by atoms with van der Waals surface area (Å²) in [5.41, 5.74) is 5.33. The molecule has 6 N–H and O–H groups in total. The molecule has 0 aromatic heterocycles. The fourth-order valence-corrected chi connectivity index (χ4v) is 6.72. The first-order valence-electron chi connectivity index (χ1n) is 20.6. The van der Waals surface area contributed by atoms with Gasteiger partial charge in [-0.15, -0.1) is 0 Å². The van der Waals surface area contributed by atoms with Crippen molar-refractivity contribution in [1.29, 1.82) is 0 Å². The van der Waals surface area contributed by atoms with E-state index in [0.29, 0.717) is 6.42 Å². The van der Waals surface area contributed by atoms with Gasteiger partial charge in [-0.25, -0.2) is 4.57 Å². The Morgan fingerprint density at radius 2 is 1.12 bits per heavy atom. The van der Waals surface area contributed by atoms with Crippen LogP contribution < -0.4 is 11.1 Å². The third kappa shape index (κ3) is 32.8. The van der Waals surface area contributed by atoms with Crippen LogP contribution in [0.4, 0.5) is 0 Å². The van der Waals surface area contributed by atoms with Crippen LogP contribution in [0.25, 0.3) is 0 Å². The van der Waals surface area contributed by atoms with E-state index in [2.05, 4.69) is 19.2 Å². The number of phosphoric ester groups is 1. The van der Waals surface area contributed by atoms with E-state index in [4.69, 9.17) is 14.8 Å². The highest BCUT2D eigenvalue weighted by molar-refractivity contribution is 7.47. The van der Waals surface area contributed by atoms with Crippen molar-refractivity contribution in [3.63, 3.8) is 0 Å². The number of hydrogen-bond acceptors (Lipinski definition) is 7. The second-order valence-electron chi connectivity index (χ2n) is 14.0. The number of carbonyl (C=O) groups excluding carboxylic acids is 1. The highest BCUT2D eigenvalue weighted by Crippen LogP contribution is 2.43. The van der Waals surface area contributed by atoms with Crippen LogP contribution in [0.15, 0.2) is 24.3 Å². The SMILES string of the molecule is CCCCCCC/C=C/C=C/[C@@H](O)[C@H](COP(=O)(O)OCCN)NC(=O)C(O)CCCCCCCCCCCCCCCCCCCCCC. The van der Waals surface area contributed by atoms with E-state index >= 15 is 0 Å². The van der Waals surface area contributed by atoms with Crippen molar-refractivity contribution in [1.82, 2.24) is 5.32 Å². The maximum atomic E-state index is 12.8. The molecule has 0 aromatic rings. The third-order valence-electron chi connectivity index (χ3n) is 9.19. The van der Waals surface area contributed by atoms with Crippen LogP contribution >= 0.6 is 7.82 Å². The summed E-state index contributed by atoms with van der Waals surface area (Å²) in [6, 6.07) is -1.06. The minimum atomic E-state index is -4.42. The molecular weight excluding hydrogens is 651 g/mol. The molecule has 0 aliphatic rings. The lowest BCUT2D eigenvalue weighted by atomic mass is 10.0. The second-order valence-corrected chi connectivity index (χ2v) is 15.5. The number of phosphoric acid groups is 1. The topological polar surface area (TPSA) is 151 Å². The Hall–Kier alpha value is -1.06. The first kappa shape index (κ1) is 48.9. The number of unbranched alkanes of at least 4 members (excludes halogenated alkanes) is 24. The van der Waals surface area contributed by atoms with E-state index in [1.807, 2.05) is 12.2 Å². The Bertz CT molecular complexity index is 858. The van der Waals surface area contributed by atoms with Gasteiger partial charge in [0.25, 0.3) is 0 Å². The van der Waals surface area contributed by atoms with Gasteiger partial charge < -0.3 is 26.2 Å². The molecule has 4 atom stereocenters. The Morgan fingerprint density at radius 1 is 0.680 bits per heavy atom. The Labute approximate surface area is 307 Å². The van der Waals surface area contributed by atoms with Gasteiger partial charge in [0, 0.05) is 6.54 Å². The number of amides is 1. The van der Waals surface area contributed by atoms with Crippen LogP contribution in [0.2, 0.25) is 0 Å². The summed E-state index contributed by atoms with van der Waals surface area (Å²) < 4.78 is 21.9. The van der Waals surface area contributed by atoms with Gasteiger partial charge in [-0.05, 0) is 19.3 Å². The molecule has 0 bridgehead atoms. The zero-order chi connectivity index (χ0) is 37.0. The molecule has 0 fully saturated rings. The van der Waals surface area contributed by atoms with Gasteiger partial charge in [-0.3, -0.25) is 13.8 Å². The highest BCUT2D eigenvalue weighted by atomic mass is 31.2. The zero-order valence-corrected chi connectivity index (χ0v) is 33.1. The number of rotatable bonds is 38. The normalized spacial score (nSPS) is 15.1. The molecule has 10 heteroatoms. The summed E-state index contributed by atoms with van der Waals surface area (Å²) >= 11 is 0. The van der Waals surface area contributed by atoms with Crippen molar-refractivity contribution >= 4 is 13.7 Å². The molecule has 2 unspecified atom stereocenters. The summed E-state index contributed by atoms with van der Waals surface area (Å²) in [6.07, 6.45) is 37.6. The monoisotopic (exact) mass is 731 g/mol. The number of carbonyl (C=O) groups is 1. The maximum absolute atomic E-state index is 12.8. The predicted molar refractivity (Wildman–Crippen MR) is 209 cm³/mol. The lowest BCUT2D eigenvalue weighted by molar-refractivity contribution is -0.131. The van der Waals surface area contributed by atoms with Gasteiger partial charge in [-0.1, -0.05) is 192 Å². The maximum Gasteiger partial charge on any atom is 0.472 e. The van der Waals surface area contributed by atoms with Crippen LogP contribution in [0.5, 0.6) is 0 Å². The zero-order valence-electron chi connectivity index (χ0n) is 32.3. The first-order valence-corrected chi connectivity index (χ1v) is 22.1. The van der Waals surface area contributed by atoms with Crippen LogP contribution in [-0.2, 0) is 18.4 Å². The first-order chi connectivity index (χ1) is 24.3. The van der Waals surface area contributed by atoms with E-state index in [1.54, 1.807) is 6.08 Å². The summed E-state index contributed by atoms with van der Waals surface area (Å²) in [7, 11) is -4.42. The molecule has 0 aromatic carbocycles. The highest BCUT2D eigenvalue weighted by Gasteiger charge is 2.28. The number of nitrogens with two attached hydrogens (primary N) is 1. The van der Waals surface area contributed by atoms with E-state index in [1.165, 1.54) is 141 Å². The summed E-state index contributed by atoms with van der Waals surface area (Å²) in [5, 5.41) is 23.8. The quantitative estimate of drug-likeness (QED) is 0.0239. The molecule has 296 valence electrons. The standard InChI is InChI=1S/C40H79N2O7P/c1-3-5-7-9-11-13-14-15-16-17-18-19-20-21-22-23-25-27-29-31-33-39(44)40(45)42-37(36-49-50(46,47)48-35-34-41)38(43)32-30-28-26-24-12-10-8-6-4-2/h26,28,30,32,37-39,43-44H,3-25,27,29,31,33-36,41H2,1-2H3,(H,42,45)(H,46,47)/b28-26+,32-30+/t37-,38+,39?/m0/s1. The van der Waals surface area contributed by atoms with E-state index in [-0.39, 0.29) is 13.2 Å². The minimum absolute atomic E-state index is 0.0378. The summed E-state index contributed by atoms with van der Waals surface area (Å²) in [4.78, 5) is 22.6. The number of allylic oxidation sites excluding steroid dienone is 3. The molecule has 0 radical (unpaired) electrons. The van der Waals surface area contributed by atoms with Gasteiger partial charge in [0.15, 0.2) is 0 Å². The Morgan fingerprint density at radius 3 is 1.58 bits per heavy atom. The third-order valence-corrected chi connectivity index (χ3v) is 10.2. The molecule has 0 saturated heterocycles. The molecule has 0 rings (SSSR count). The molecule has 0 aliphatic carbocycles. The molecule has 0 saturated carbocycles. The van der Waals surface area contributed by atoms with Crippen molar-refractivity contribution in [2.24, 2.45) is 5.73 Å². The lowest BCUT2D eigenvalue weighted by Gasteiger charge is -2.24. The number of aliphatic hydroxyl groups excluding tert-OH is 2. The number of aliphatic hydroxyl groups is 2. The molecule has 9 nitrogen and oxygen atoms in total. The molecule has 50 heavy (non-hydrogen) atoms. The largest absolute Gasteiger partial charge is 0.472 e. The predicted octanol–water partition coefficient (Wildman–Crippen LogP) is 9.97. The fourth-order valence-electron chi connectivity index (χ4n) is 5.96. The lowest BCUT2D eigenvalue weighted by Crippen LogP contribution is -2.49. The van der Waals surface area contributed by atoms with E-state index < -0.39 is 38.6 Å². The molecule has 0 aliphatic heterocycles. The van der Waals surface area contributed by atoms with Crippen LogP contribution in [-0.4, -0.2) is 59.0 Å². The van der Waals surface area contributed by atoms with Gasteiger partial charge in [0.05, 0.1) is 25.4 Å². The molecular formula is C40H79N2O7P.